The fraction of sp³-hybridized carbons (Fsp3) is 0.500. The Labute approximate surface area is 87.8 Å². The molecule has 0 spiro atoms. The minimum absolute atomic E-state index is 0.235. The molecule has 2 bridgehead atoms. The Morgan fingerprint density at radius 2 is 1.93 bits per heavy atom. The molecule has 4 rings (SSSR count). The van der Waals surface area contributed by atoms with Crippen LogP contribution in [-0.4, -0.2) is 35.1 Å². The van der Waals surface area contributed by atoms with Crippen molar-refractivity contribution < 1.29 is 0 Å². The predicted octanol–water partition coefficient (Wildman–Crippen LogP) is -0.101. The second-order valence-electron chi connectivity index (χ2n) is 4.08. The van der Waals surface area contributed by atoms with Gasteiger partial charge in [0.2, 0.25) is 5.82 Å². The van der Waals surface area contributed by atoms with E-state index in [0.29, 0.717) is 12.1 Å². The van der Waals surface area contributed by atoms with E-state index in [9.17, 15) is 0 Å². The van der Waals surface area contributed by atoms with E-state index < -0.39 is 0 Å². The zero-order valence-corrected chi connectivity index (χ0v) is 8.22. The van der Waals surface area contributed by atoms with Crippen LogP contribution < -0.4 is 10.2 Å². The lowest BCUT2D eigenvalue weighted by atomic mass is 9.91. The molecule has 0 aliphatic carbocycles. The highest BCUT2D eigenvalue weighted by Gasteiger charge is 2.36. The zero-order chi connectivity index (χ0) is 10.3. The Morgan fingerprint density at radius 3 is 2.47 bits per heavy atom. The standard InChI is InChI=1S/C10H11N5/c11-2-10-12-3-9(4-13-10)15-5-7-1-8(6-15)14-7/h3-4,7-8,14H,1,5-6H2. The van der Waals surface area contributed by atoms with Crippen LogP contribution in [0, 0.1) is 11.3 Å². The molecule has 0 radical (unpaired) electrons. The van der Waals surface area contributed by atoms with Crippen LogP contribution >= 0.6 is 0 Å². The van der Waals surface area contributed by atoms with Crippen molar-refractivity contribution in [1.29, 1.82) is 5.26 Å². The first kappa shape index (κ1) is 8.62. The molecule has 3 fully saturated rings. The second-order valence-corrected chi connectivity index (χ2v) is 4.08. The second kappa shape index (κ2) is 3.17. The average Bonchev–Trinajstić information content (AvgIpc) is 2.28. The Morgan fingerprint density at radius 1 is 1.33 bits per heavy atom. The maximum absolute atomic E-state index is 8.59. The van der Waals surface area contributed by atoms with Gasteiger partial charge in [-0.1, -0.05) is 0 Å². The third kappa shape index (κ3) is 1.43. The average molecular weight is 201 g/mol. The molecule has 0 amide bonds. The van der Waals surface area contributed by atoms with Gasteiger partial charge in [0.05, 0.1) is 18.1 Å². The minimum atomic E-state index is 0.235. The van der Waals surface area contributed by atoms with Gasteiger partial charge in [0.25, 0.3) is 0 Å². The highest BCUT2D eigenvalue weighted by molar-refractivity contribution is 5.44. The highest BCUT2D eigenvalue weighted by Crippen LogP contribution is 2.24. The van der Waals surface area contributed by atoms with Gasteiger partial charge in [0.15, 0.2) is 0 Å². The fourth-order valence-corrected chi connectivity index (χ4v) is 2.27. The predicted molar refractivity (Wildman–Crippen MR) is 54.3 cm³/mol. The van der Waals surface area contributed by atoms with Crippen molar-refractivity contribution in [2.24, 2.45) is 0 Å². The van der Waals surface area contributed by atoms with Crippen LogP contribution in [0.15, 0.2) is 12.4 Å². The number of hydrogen-bond donors (Lipinski definition) is 1. The molecule has 2 unspecified atom stereocenters. The van der Waals surface area contributed by atoms with Crippen molar-refractivity contribution in [2.75, 3.05) is 18.0 Å². The maximum Gasteiger partial charge on any atom is 0.232 e. The van der Waals surface area contributed by atoms with Gasteiger partial charge >= 0.3 is 0 Å². The molecule has 3 aliphatic heterocycles. The first-order valence-corrected chi connectivity index (χ1v) is 5.08. The molecule has 3 saturated heterocycles. The monoisotopic (exact) mass is 201 g/mol. The van der Waals surface area contributed by atoms with Gasteiger partial charge in [-0.25, -0.2) is 9.97 Å². The third-order valence-corrected chi connectivity index (χ3v) is 3.03. The van der Waals surface area contributed by atoms with Crippen LogP contribution in [0.2, 0.25) is 0 Å². The molecule has 0 aromatic carbocycles. The Balaban J connectivity index is 1.78. The Kier molecular flexibility index (Phi) is 1.82. The number of piperidine rings is 1. The summed E-state index contributed by atoms with van der Waals surface area (Å²) in [5.41, 5.74) is 1.02. The summed E-state index contributed by atoms with van der Waals surface area (Å²) < 4.78 is 0. The zero-order valence-electron chi connectivity index (χ0n) is 8.22. The summed E-state index contributed by atoms with van der Waals surface area (Å²) in [6.07, 6.45) is 4.75. The molecule has 3 aliphatic rings. The van der Waals surface area contributed by atoms with Crippen molar-refractivity contribution in [3.8, 4) is 6.07 Å². The van der Waals surface area contributed by atoms with Crippen LogP contribution in [-0.2, 0) is 0 Å². The van der Waals surface area contributed by atoms with Crippen molar-refractivity contribution in [1.82, 2.24) is 15.3 Å². The van der Waals surface area contributed by atoms with Gasteiger partial charge in [-0.15, -0.1) is 0 Å². The van der Waals surface area contributed by atoms with Gasteiger partial charge in [0.1, 0.15) is 6.07 Å². The third-order valence-electron chi connectivity index (χ3n) is 3.03. The van der Waals surface area contributed by atoms with E-state index in [1.807, 2.05) is 6.07 Å². The van der Waals surface area contributed by atoms with E-state index >= 15 is 0 Å². The highest BCUT2D eigenvalue weighted by atomic mass is 15.3. The number of aromatic nitrogens is 2. The molecule has 5 nitrogen and oxygen atoms in total. The first-order valence-electron chi connectivity index (χ1n) is 5.08. The summed E-state index contributed by atoms with van der Waals surface area (Å²) in [5, 5.41) is 12.1. The van der Waals surface area contributed by atoms with Gasteiger partial charge < -0.3 is 10.2 Å². The Bertz CT molecular complexity index is 391. The van der Waals surface area contributed by atoms with E-state index in [1.54, 1.807) is 12.4 Å². The largest absolute Gasteiger partial charge is 0.366 e. The maximum atomic E-state index is 8.59. The van der Waals surface area contributed by atoms with Crippen molar-refractivity contribution in [2.45, 2.75) is 18.5 Å². The lowest BCUT2D eigenvalue weighted by molar-refractivity contribution is 0.226. The Hall–Kier alpha value is -1.67. The smallest absolute Gasteiger partial charge is 0.232 e. The molecular weight excluding hydrogens is 190 g/mol. The molecule has 15 heavy (non-hydrogen) atoms. The van der Waals surface area contributed by atoms with Crippen molar-refractivity contribution >= 4 is 5.69 Å². The number of nitriles is 1. The summed E-state index contributed by atoms with van der Waals surface area (Å²) in [7, 11) is 0. The van der Waals surface area contributed by atoms with E-state index in [2.05, 4.69) is 20.2 Å². The van der Waals surface area contributed by atoms with Gasteiger partial charge in [0, 0.05) is 25.2 Å². The summed E-state index contributed by atoms with van der Waals surface area (Å²) in [6.45, 7) is 2.04. The summed E-state index contributed by atoms with van der Waals surface area (Å²) in [5.74, 6) is 0.235. The lowest BCUT2D eigenvalue weighted by Crippen LogP contribution is -2.67. The molecule has 4 heterocycles. The molecule has 0 saturated carbocycles. The lowest BCUT2D eigenvalue weighted by Gasteiger charge is -2.49. The molecule has 76 valence electrons. The van der Waals surface area contributed by atoms with E-state index in [4.69, 9.17) is 5.26 Å². The molecular formula is C10H11N5. The molecule has 1 N–H and O–H groups in total. The van der Waals surface area contributed by atoms with Gasteiger partial charge in [-0.05, 0) is 6.42 Å². The minimum Gasteiger partial charge on any atom is -0.366 e. The normalized spacial score (nSPS) is 28.1. The molecule has 5 heteroatoms. The number of nitrogens with one attached hydrogen (secondary N) is 1. The number of piperazine rings is 1. The fourth-order valence-electron chi connectivity index (χ4n) is 2.27. The summed E-state index contributed by atoms with van der Waals surface area (Å²) in [4.78, 5) is 10.2. The SMILES string of the molecule is N#Cc1ncc(N2CC3CC(C2)N3)cn1. The van der Waals surface area contributed by atoms with Crippen LogP contribution in [0.1, 0.15) is 12.2 Å². The van der Waals surface area contributed by atoms with Crippen LogP contribution in [0.25, 0.3) is 0 Å². The number of anilines is 1. The van der Waals surface area contributed by atoms with Crippen LogP contribution in [0.4, 0.5) is 5.69 Å². The van der Waals surface area contributed by atoms with Gasteiger partial charge in [-0.2, -0.15) is 5.26 Å². The summed E-state index contributed by atoms with van der Waals surface area (Å²) in [6, 6.07) is 3.17. The quantitative estimate of drug-likeness (QED) is 0.687. The molecule has 1 aromatic rings. The van der Waals surface area contributed by atoms with E-state index in [0.717, 1.165) is 18.8 Å². The number of fused-ring (bicyclic) bond motifs is 2. The van der Waals surface area contributed by atoms with Crippen LogP contribution in [0.3, 0.4) is 0 Å². The van der Waals surface area contributed by atoms with E-state index in [-0.39, 0.29) is 5.82 Å². The van der Waals surface area contributed by atoms with Crippen LogP contribution in [0.5, 0.6) is 0 Å². The van der Waals surface area contributed by atoms with Gasteiger partial charge in [-0.3, -0.25) is 0 Å². The van der Waals surface area contributed by atoms with Crippen molar-refractivity contribution in [3.63, 3.8) is 0 Å². The van der Waals surface area contributed by atoms with E-state index in [1.165, 1.54) is 6.42 Å². The first-order chi connectivity index (χ1) is 7.35. The number of hydrogen-bond acceptors (Lipinski definition) is 5. The van der Waals surface area contributed by atoms with Crippen molar-refractivity contribution in [3.05, 3.63) is 18.2 Å². The number of rotatable bonds is 1. The number of nitrogens with zero attached hydrogens (tertiary/aromatic N) is 4. The topological polar surface area (TPSA) is 64.8 Å². The summed E-state index contributed by atoms with van der Waals surface area (Å²) >= 11 is 0. The molecule has 2 atom stereocenters. The molecule has 1 aromatic heterocycles.